The van der Waals surface area contributed by atoms with E-state index in [1.54, 1.807) is 0 Å². The van der Waals surface area contributed by atoms with Crippen molar-refractivity contribution in [3.05, 3.63) is 29.8 Å². The molecule has 0 aromatic heterocycles. The van der Waals surface area contributed by atoms with E-state index < -0.39 is 0 Å². The number of halogens is 2. The smallest absolute Gasteiger partial charge is 0.186 e. The quantitative estimate of drug-likeness (QED) is 0.594. The van der Waals surface area contributed by atoms with Crippen molar-refractivity contribution in [2.45, 2.75) is 16.6 Å². The molecule has 0 aliphatic carbocycles. The number of anilines is 1. The van der Waals surface area contributed by atoms with E-state index in [2.05, 4.69) is 49.8 Å². The first-order valence-corrected chi connectivity index (χ1v) is 7.18. The van der Waals surface area contributed by atoms with Crippen molar-refractivity contribution in [2.75, 3.05) is 11.9 Å². The molecule has 0 unspecified atom stereocenters. The lowest BCUT2D eigenvalue weighted by Crippen LogP contribution is -2.07. The molecule has 0 aliphatic rings. The fourth-order valence-electron chi connectivity index (χ4n) is 1.24. The van der Waals surface area contributed by atoms with Gasteiger partial charge in [-0.1, -0.05) is 44.0 Å². The normalized spacial score (nSPS) is 10.5. The molecular weight excluding hydrogens is 354 g/mol. The first-order chi connectivity index (χ1) is 7.58. The van der Waals surface area contributed by atoms with E-state index in [4.69, 9.17) is 0 Å². The number of aryl methyl sites for hydroxylation is 1. The van der Waals surface area contributed by atoms with Crippen LogP contribution in [0.15, 0.2) is 24.3 Å². The number of hydrogen-bond donors (Lipinski definition) is 2. The molecule has 0 atom stereocenters. The number of thiol groups is 1. The Balaban J connectivity index is 2.44. The van der Waals surface area contributed by atoms with Crippen molar-refractivity contribution in [3.63, 3.8) is 0 Å². The largest absolute Gasteiger partial charge is 0.383 e. The molecule has 0 aliphatic heterocycles. The zero-order valence-electron chi connectivity index (χ0n) is 8.62. The van der Waals surface area contributed by atoms with Crippen molar-refractivity contribution in [3.8, 4) is 0 Å². The maximum atomic E-state index is 10.7. The van der Waals surface area contributed by atoms with Gasteiger partial charge in [0.25, 0.3) is 0 Å². The molecule has 0 saturated carbocycles. The summed E-state index contributed by atoms with van der Waals surface area (Å²) in [4.78, 5) is 10.7. The summed E-state index contributed by atoms with van der Waals surface area (Å²) in [6.07, 6.45) is 1.24. The second kappa shape index (κ2) is 7.35. The summed E-state index contributed by atoms with van der Waals surface area (Å²) in [5, 5.41) is 3.19. The van der Waals surface area contributed by atoms with Crippen LogP contribution >= 0.6 is 44.5 Å². The van der Waals surface area contributed by atoms with Crippen molar-refractivity contribution in [2.24, 2.45) is 0 Å². The molecule has 1 N–H and O–H groups in total. The summed E-state index contributed by atoms with van der Waals surface area (Å²) in [7, 11) is 0. The Kier molecular flexibility index (Phi) is 6.46. The number of benzene rings is 1. The zero-order chi connectivity index (χ0) is 12.0. The molecule has 16 heavy (non-hydrogen) atoms. The standard InChI is InChI=1S/C11H13Br2NOS/c12-10(13)7-14-9-4-1-8(2-5-9)3-6-11(15)16/h1-2,4-5,10,14H,3,6-7H2,(H,15,16). The Bertz CT molecular complexity index is 340. The van der Waals surface area contributed by atoms with Gasteiger partial charge in [0.05, 0.1) is 3.74 Å². The highest BCUT2D eigenvalue weighted by molar-refractivity contribution is 9.24. The van der Waals surface area contributed by atoms with Crippen LogP contribution in [-0.4, -0.2) is 15.4 Å². The summed E-state index contributed by atoms with van der Waals surface area (Å²) >= 11 is 10.5. The number of nitrogens with one attached hydrogen (secondary N) is 1. The van der Waals surface area contributed by atoms with Gasteiger partial charge in [-0.15, -0.1) is 12.6 Å². The van der Waals surface area contributed by atoms with Crippen molar-refractivity contribution in [1.82, 2.24) is 0 Å². The predicted octanol–water partition coefficient (Wildman–Crippen LogP) is 3.60. The molecule has 0 saturated heterocycles. The van der Waals surface area contributed by atoms with E-state index >= 15 is 0 Å². The first-order valence-electron chi connectivity index (χ1n) is 4.90. The van der Waals surface area contributed by atoms with E-state index in [-0.39, 0.29) is 8.85 Å². The zero-order valence-corrected chi connectivity index (χ0v) is 12.7. The summed E-state index contributed by atoms with van der Waals surface area (Å²) < 4.78 is 0.265. The number of rotatable bonds is 6. The Morgan fingerprint density at radius 2 is 1.94 bits per heavy atom. The monoisotopic (exact) mass is 365 g/mol. The summed E-state index contributed by atoms with van der Waals surface area (Å²) in [6.45, 7) is 0.814. The summed E-state index contributed by atoms with van der Waals surface area (Å²) in [6, 6.07) is 8.08. The molecule has 0 spiro atoms. The Hall–Kier alpha value is 0. The minimum Gasteiger partial charge on any atom is -0.383 e. The van der Waals surface area contributed by atoms with Crippen LogP contribution in [0.25, 0.3) is 0 Å². The average molecular weight is 367 g/mol. The van der Waals surface area contributed by atoms with Gasteiger partial charge in [-0.2, -0.15) is 0 Å². The lowest BCUT2D eigenvalue weighted by Gasteiger charge is -2.07. The van der Waals surface area contributed by atoms with Crippen LogP contribution in [0.5, 0.6) is 0 Å². The average Bonchev–Trinajstić information content (AvgIpc) is 2.25. The van der Waals surface area contributed by atoms with Crippen LogP contribution in [0, 0.1) is 0 Å². The Labute approximate surface area is 118 Å². The minimum atomic E-state index is -0.0661. The minimum absolute atomic E-state index is 0.0661. The van der Waals surface area contributed by atoms with Crippen LogP contribution in [0.3, 0.4) is 0 Å². The highest BCUT2D eigenvalue weighted by Gasteiger charge is 1.99. The van der Waals surface area contributed by atoms with Gasteiger partial charge >= 0.3 is 0 Å². The summed E-state index contributed by atoms with van der Waals surface area (Å²) in [5.41, 5.74) is 2.23. The van der Waals surface area contributed by atoms with Gasteiger partial charge in [-0.25, -0.2) is 0 Å². The molecular formula is C11H13Br2NOS. The number of carbonyl (C=O) groups is 1. The van der Waals surface area contributed by atoms with Crippen LogP contribution < -0.4 is 5.32 Å². The number of carbonyl (C=O) groups excluding carboxylic acids is 1. The lowest BCUT2D eigenvalue weighted by atomic mass is 10.1. The van der Waals surface area contributed by atoms with E-state index in [1.165, 1.54) is 0 Å². The SMILES string of the molecule is O=C(S)CCc1ccc(NCC(Br)Br)cc1. The van der Waals surface area contributed by atoms with Crippen molar-refractivity contribution in [1.29, 1.82) is 0 Å². The molecule has 0 radical (unpaired) electrons. The van der Waals surface area contributed by atoms with Gasteiger partial charge in [0.1, 0.15) is 0 Å². The lowest BCUT2D eigenvalue weighted by molar-refractivity contribution is -0.110. The van der Waals surface area contributed by atoms with E-state index in [1.807, 2.05) is 24.3 Å². The molecule has 5 heteroatoms. The van der Waals surface area contributed by atoms with Gasteiger partial charge in [0.2, 0.25) is 0 Å². The van der Waals surface area contributed by atoms with Gasteiger partial charge in [0, 0.05) is 18.7 Å². The highest BCUT2D eigenvalue weighted by atomic mass is 79.9. The molecule has 88 valence electrons. The topological polar surface area (TPSA) is 29.1 Å². The maximum absolute atomic E-state index is 10.7. The van der Waals surface area contributed by atoms with Crippen LogP contribution in [0.4, 0.5) is 5.69 Å². The maximum Gasteiger partial charge on any atom is 0.186 e. The fourth-order valence-corrected chi connectivity index (χ4v) is 1.67. The van der Waals surface area contributed by atoms with Gasteiger partial charge in [-0.05, 0) is 24.1 Å². The second-order valence-electron chi connectivity index (χ2n) is 3.36. The second-order valence-corrected chi connectivity index (χ2v) is 7.30. The third-order valence-electron chi connectivity index (χ3n) is 2.04. The third-order valence-corrected chi connectivity index (χ3v) is 2.91. The molecule has 1 aromatic rings. The molecule has 1 rings (SSSR count). The van der Waals surface area contributed by atoms with Crippen LogP contribution in [0.2, 0.25) is 0 Å². The van der Waals surface area contributed by atoms with Crippen molar-refractivity contribution >= 4 is 55.3 Å². The van der Waals surface area contributed by atoms with Crippen LogP contribution in [-0.2, 0) is 11.2 Å². The van der Waals surface area contributed by atoms with Gasteiger partial charge in [-0.3, -0.25) is 4.79 Å². The molecule has 1 aromatic carbocycles. The molecule has 0 amide bonds. The van der Waals surface area contributed by atoms with Crippen LogP contribution in [0.1, 0.15) is 12.0 Å². The van der Waals surface area contributed by atoms with E-state index in [0.717, 1.165) is 24.2 Å². The first kappa shape index (κ1) is 14.1. The van der Waals surface area contributed by atoms with Gasteiger partial charge in [0.15, 0.2) is 5.12 Å². The fraction of sp³-hybridized carbons (Fsp3) is 0.364. The summed E-state index contributed by atoms with van der Waals surface area (Å²) in [5.74, 6) is 0. The van der Waals surface area contributed by atoms with Gasteiger partial charge < -0.3 is 5.32 Å². The highest BCUT2D eigenvalue weighted by Crippen LogP contribution is 2.14. The molecule has 2 nitrogen and oxygen atoms in total. The number of hydrogen-bond acceptors (Lipinski definition) is 2. The van der Waals surface area contributed by atoms with Crippen molar-refractivity contribution < 1.29 is 4.79 Å². The van der Waals surface area contributed by atoms with E-state index in [0.29, 0.717) is 6.42 Å². The molecule has 0 bridgehead atoms. The third kappa shape index (κ3) is 5.92. The van der Waals surface area contributed by atoms with E-state index in [9.17, 15) is 4.79 Å². The Morgan fingerprint density at radius 1 is 1.31 bits per heavy atom. The molecule has 0 fully saturated rings. The molecule has 0 heterocycles. The predicted molar refractivity (Wildman–Crippen MR) is 78.9 cm³/mol. The number of alkyl halides is 2. The Morgan fingerprint density at radius 3 is 2.44 bits per heavy atom.